The van der Waals surface area contributed by atoms with Gasteiger partial charge in [0.15, 0.2) is 5.75 Å². The molecular formula is C21H28N2O3. The van der Waals surface area contributed by atoms with Gasteiger partial charge in [-0.05, 0) is 51.8 Å². The number of benzene rings is 1. The number of nitrogens with zero attached hydrogens (tertiary/aromatic N) is 1. The number of hydrogen-bond donors (Lipinski definition) is 2. The number of rotatable bonds is 7. The predicted octanol–water partition coefficient (Wildman–Crippen LogP) is 4.36. The smallest absolute Gasteiger partial charge is 0.297 e. The molecule has 0 spiro atoms. The molecule has 2 aromatic rings. The fraction of sp³-hybridized carbons (Fsp3) is 0.381. The van der Waals surface area contributed by atoms with Crippen molar-refractivity contribution in [2.45, 2.75) is 33.6 Å². The predicted molar refractivity (Wildman–Crippen MR) is 108 cm³/mol. The van der Waals surface area contributed by atoms with Crippen LogP contribution in [0.5, 0.6) is 11.5 Å². The Hall–Kier alpha value is -2.69. The molecule has 0 aliphatic heterocycles. The van der Waals surface area contributed by atoms with Gasteiger partial charge in [0, 0.05) is 24.7 Å². The molecule has 0 radical (unpaired) electrons. The number of fused-ring (bicyclic) bond motifs is 1. The lowest BCUT2D eigenvalue weighted by atomic mass is 10.1. The van der Waals surface area contributed by atoms with Crippen LogP contribution in [0.2, 0.25) is 0 Å². The van der Waals surface area contributed by atoms with E-state index < -0.39 is 0 Å². The molecular weight excluding hydrogens is 328 g/mol. The lowest BCUT2D eigenvalue weighted by Gasteiger charge is -2.12. The van der Waals surface area contributed by atoms with E-state index in [0.717, 1.165) is 18.5 Å². The summed E-state index contributed by atoms with van der Waals surface area (Å²) >= 11 is 0. The Balaban J connectivity index is 2.16. The highest BCUT2D eigenvalue weighted by atomic mass is 16.5. The zero-order valence-corrected chi connectivity index (χ0v) is 16.2. The number of hydrogen-bond acceptors (Lipinski definition) is 4. The van der Waals surface area contributed by atoms with E-state index in [2.05, 4.69) is 38.2 Å². The van der Waals surface area contributed by atoms with Crippen LogP contribution < -0.4 is 15.6 Å². The maximum atomic E-state index is 12.1. The lowest BCUT2D eigenvalue weighted by Crippen LogP contribution is -2.18. The van der Waals surface area contributed by atoms with E-state index in [4.69, 9.17) is 4.74 Å². The third-order valence-corrected chi connectivity index (χ3v) is 4.38. The fourth-order valence-corrected chi connectivity index (χ4v) is 2.83. The third-order valence-electron chi connectivity index (χ3n) is 4.38. The molecule has 26 heavy (non-hydrogen) atoms. The molecule has 0 saturated heterocycles. The summed E-state index contributed by atoms with van der Waals surface area (Å²) < 4.78 is 6.53. The van der Waals surface area contributed by atoms with Gasteiger partial charge in [-0.3, -0.25) is 4.79 Å². The highest BCUT2D eigenvalue weighted by Gasteiger charge is 2.15. The maximum Gasteiger partial charge on any atom is 0.297 e. The molecule has 0 atom stereocenters. The number of allylic oxidation sites excluding steroid dienone is 3. The molecule has 2 rings (SSSR count). The molecule has 2 N–H and O–H groups in total. The normalized spacial score (nSPS) is 11.5. The molecule has 0 saturated carbocycles. The average Bonchev–Trinajstić information content (AvgIpc) is 2.60. The number of ether oxygens (including phenoxy) is 1. The van der Waals surface area contributed by atoms with Crippen molar-refractivity contribution in [3.63, 3.8) is 0 Å². The zero-order valence-electron chi connectivity index (χ0n) is 16.2. The van der Waals surface area contributed by atoms with Crippen LogP contribution in [0.4, 0.5) is 5.69 Å². The number of anilines is 1. The van der Waals surface area contributed by atoms with Crippen LogP contribution in [0.3, 0.4) is 0 Å². The Morgan fingerprint density at radius 1 is 1.27 bits per heavy atom. The summed E-state index contributed by atoms with van der Waals surface area (Å²) in [4.78, 5) is 12.1. The molecule has 0 aliphatic carbocycles. The first kappa shape index (κ1) is 19.6. The highest BCUT2D eigenvalue weighted by molar-refractivity contribution is 5.90. The van der Waals surface area contributed by atoms with Crippen LogP contribution in [-0.2, 0) is 7.05 Å². The summed E-state index contributed by atoms with van der Waals surface area (Å²) in [5.74, 6) is -0.158. The van der Waals surface area contributed by atoms with E-state index in [9.17, 15) is 9.90 Å². The first-order valence-corrected chi connectivity index (χ1v) is 8.77. The SMILES string of the molecule is COc1c(O)c2cc(NCC=C(C)CCC=C(C)C)ccc2n(C)c1=O. The van der Waals surface area contributed by atoms with E-state index in [1.165, 1.54) is 22.8 Å². The topological polar surface area (TPSA) is 63.5 Å². The van der Waals surface area contributed by atoms with Crippen molar-refractivity contribution >= 4 is 16.6 Å². The number of pyridine rings is 1. The van der Waals surface area contributed by atoms with Crippen molar-refractivity contribution < 1.29 is 9.84 Å². The van der Waals surface area contributed by atoms with Crippen LogP contribution in [-0.4, -0.2) is 23.3 Å². The van der Waals surface area contributed by atoms with Gasteiger partial charge in [0.1, 0.15) is 0 Å². The van der Waals surface area contributed by atoms with E-state index in [0.29, 0.717) is 17.4 Å². The van der Waals surface area contributed by atoms with Crippen molar-refractivity contribution in [2.24, 2.45) is 7.05 Å². The Kier molecular flexibility index (Phi) is 6.50. The molecule has 0 bridgehead atoms. The van der Waals surface area contributed by atoms with Crippen LogP contribution >= 0.6 is 0 Å². The summed E-state index contributed by atoms with van der Waals surface area (Å²) in [5, 5.41) is 14.3. The first-order valence-electron chi connectivity index (χ1n) is 8.77. The highest BCUT2D eigenvalue weighted by Crippen LogP contribution is 2.32. The van der Waals surface area contributed by atoms with Crippen LogP contribution in [0, 0.1) is 0 Å². The molecule has 0 fully saturated rings. The van der Waals surface area contributed by atoms with E-state index in [1.54, 1.807) is 7.05 Å². The van der Waals surface area contributed by atoms with Crippen molar-refractivity contribution in [2.75, 3.05) is 19.0 Å². The van der Waals surface area contributed by atoms with E-state index in [-0.39, 0.29) is 17.1 Å². The third kappa shape index (κ3) is 4.48. The van der Waals surface area contributed by atoms with Gasteiger partial charge in [-0.25, -0.2) is 0 Å². The van der Waals surface area contributed by atoms with Crippen molar-refractivity contribution in [3.8, 4) is 11.5 Å². The molecule has 1 aromatic carbocycles. The minimum absolute atomic E-state index is 0.0350. The molecule has 0 amide bonds. The molecule has 0 unspecified atom stereocenters. The number of aromatic hydroxyl groups is 1. The van der Waals surface area contributed by atoms with E-state index in [1.807, 2.05) is 18.2 Å². The fourth-order valence-electron chi connectivity index (χ4n) is 2.83. The first-order chi connectivity index (χ1) is 12.3. The van der Waals surface area contributed by atoms with Gasteiger partial charge in [0.05, 0.1) is 12.6 Å². The monoisotopic (exact) mass is 356 g/mol. The van der Waals surface area contributed by atoms with Crippen molar-refractivity contribution in [3.05, 3.63) is 51.9 Å². The minimum Gasteiger partial charge on any atom is -0.504 e. The summed E-state index contributed by atoms with van der Waals surface area (Å²) in [5.41, 5.74) is 3.86. The van der Waals surface area contributed by atoms with Gasteiger partial charge in [-0.1, -0.05) is 23.3 Å². The quantitative estimate of drug-likeness (QED) is 0.724. The van der Waals surface area contributed by atoms with Gasteiger partial charge in [-0.15, -0.1) is 0 Å². The molecule has 5 nitrogen and oxygen atoms in total. The summed E-state index contributed by atoms with van der Waals surface area (Å²) in [6.07, 6.45) is 6.52. The lowest BCUT2D eigenvalue weighted by molar-refractivity contribution is 0.368. The Morgan fingerprint density at radius 3 is 2.65 bits per heavy atom. The maximum absolute atomic E-state index is 12.1. The van der Waals surface area contributed by atoms with Gasteiger partial charge in [-0.2, -0.15) is 0 Å². The van der Waals surface area contributed by atoms with Gasteiger partial charge in [0.25, 0.3) is 5.56 Å². The van der Waals surface area contributed by atoms with E-state index >= 15 is 0 Å². The second-order valence-corrected chi connectivity index (χ2v) is 6.73. The number of aryl methyl sites for hydroxylation is 1. The zero-order chi connectivity index (χ0) is 19.3. The molecule has 5 heteroatoms. The summed E-state index contributed by atoms with van der Waals surface area (Å²) in [6.45, 7) is 7.06. The van der Waals surface area contributed by atoms with Crippen LogP contribution in [0.25, 0.3) is 10.9 Å². The minimum atomic E-state index is -0.354. The summed E-state index contributed by atoms with van der Waals surface area (Å²) in [7, 11) is 3.05. The van der Waals surface area contributed by atoms with Crippen LogP contribution in [0.15, 0.2) is 46.3 Å². The Bertz CT molecular complexity index is 904. The number of nitrogens with one attached hydrogen (secondary N) is 1. The van der Waals surface area contributed by atoms with Crippen molar-refractivity contribution in [1.82, 2.24) is 4.57 Å². The second-order valence-electron chi connectivity index (χ2n) is 6.73. The Labute approximate surface area is 154 Å². The molecule has 0 aliphatic rings. The van der Waals surface area contributed by atoms with Gasteiger partial charge >= 0.3 is 0 Å². The molecule has 1 heterocycles. The van der Waals surface area contributed by atoms with Crippen molar-refractivity contribution in [1.29, 1.82) is 0 Å². The Morgan fingerprint density at radius 2 is 2.00 bits per heavy atom. The van der Waals surface area contributed by atoms with Gasteiger partial charge in [0.2, 0.25) is 5.75 Å². The molecule has 140 valence electrons. The number of methoxy groups -OCH3 is 1. The standard InChI is InChI=1S/C21H28N2O3/c1-14(2)7-6-8-15(3)11-12-22-16-9-10-18-17(13-16)19(24)20(26-5)21(25)23(18)4/h7,9-11,13,22,24H,6,8,12H2,1-5H3. The summed E-state index contributed by atoms with van der Waals surface area (Å²) in [6, 6.07) is 5.56. The second kappa shape index (κ2) is 8.61. The number of aromatic nitrogens is 1. The largest absolute Gasteiger partial charge is 0.504 e. The van der Waals surface area contributed by atoms with Gasteiger partial charge < -0.3 is 19.7 Å². The average molecular weight is 356 g/mol. The van der Waals surface area contributed by atoms with Crippen LogP contribution in [0.1, 0.15) is 33.6 Å². The molecule has 1 aromatic heterocycles.